The van der Waals surface area contributed by atoms with Crippen LogP contribution in [-0.4, -0.2) is 27.9 Å². The predicted octanol–water partition coefficient (Wildman–Crippen LogP) is 5.98. The van der Waals surface area contributed by atoms with Gasteiger partial charge in [0.25, 0.3) is 0 Å². The SMILES string of the molecule is C/C=C\C(=C/C)C(=O)SC(C)(C)C(C)C(C)(C)CC(=O)C(C)(C)OCC. The van der Waals surface area contributed by atoms with E-state index in [2.05, 4.69) is 34.6 Å². The summed E-state index contributed by atoms with van der Waals surface area (Å²) in [5, 5.41) is 0.0687. The Bertz CT molecular complexity index is 554. The minimum absolute atomic E-state index is 0.0687. The molecule has 1 unspecified atom stereocenters. The quantitative estimate of drug-likeness (QED) is 0.344. The summed E-state index contributed by atoms with van der Waals surface area (Å²) in [6.45, 7) is 20.4. The summed E-state index contributed by atoms with van der Waals surface area (Å²) in [6.07, 6.45) is 5.98. The van der Waals surface area contributed by atoms with Gasteiger partial charge in [0.15, 0.2) is 5.78 Å². The van der Waals surface area contributed by atoms with Crippen molar-refractivity contribution < 1.29 is 14.3 Å². The summed E-state index contributed by atoms with van der Waals surface area (Å²) >= 11 is 1.35. The molecule has 0 aliphatic heterocycles. The summed E-state index contributed by atoms with van der Waals surface area (Å²) in [4.78, 5) is 25.4. The average Bonchev–Trinajstić information content (AvgIpc) is 2.50. The maximum Gasteiger partial charge on any atom is 0.219 e. The molecule has 26 heavy (non-hydrogen) atoms. The van der Waals surface area contributed by atoms with E-state index >= 15 is 0 Å². The van der Waals surface area contributed by atoms with Gasteiger partial charge >= 0.3 is 0 Å². The van der Waals surface area contributed by atoms with E-state index in [0.717, 1.165) is 0 Å². The topological polar surface area (TPSA) is 43.4 Å². The number of ketones is 1. The number of carbonyl (C=O) groups excluding carboxylic acids is 2. The van der Waals surface area contributed by atoms with Gasteiger partial charge in [-0.2, -0.15) is 0 Å². The Hall–Kier alpha value is -0.870. The first kappa shape index (κ1) is 25.1. The van der Waals surface area contributed by atoms with E-state index in [0.29, 0.717) is 18.6 Å². The fourth-order valence-corrected chi connectivity index (χ4v) is 4.29. The molecule has 0 aromatic carbocycles. The van der Waals surface area contributed by atoms with Crippen LogP contribution in [0, 0.1) is 11.3 Å². The van der Waals surface area contributed by atoms with Crippen LogP contribution in [0.15, 0.2) is 23.8 Å². The number of ether oxygens (including phenoxy) is 1. The molecule has 0 aliphatic carbocycles. The Morgan fingerprint density at radius 1 is 1.08 bits per heavy atom. The van der Waals surface area contributed by atoms with Crippen molar-refractivity contribution in [2.75, 3.05) is 6.61 Å². The second-order valence-corrected chi connectivity index (χ2v) is 10.1. The second-order valence-electron chi connectivity index (χ2n) is 8.49. The largest absolute Gasteiger partial charge is 0.368 e. The van der Waals surface area contributed by atoms with Crippen molar-refractivity contribution in [2.45, 2.75) is 86.0 Å². The van der Waals surface area contributed by atoms with Crippen LogP contribution in [0.25, 0.3) is 0 Å². The minimum Gasteiger partial charge on any atom is -0.368 e. The highest BCUT2D eigenvalue weighted by Gasteiger charge is 2.42. The fourth-order valence-electron chi connectivity index (χ4n) is 3.01. The lowest BCUT2D eigenvalue weighted by Crippen LogP contribution is -2.43. The van der Waals surface area contributed by atoms with Crippen molar-refractivity contribution in [2.24, 2.45) is 11.3 Å². The number of thioether (sulfide) groups is 1. The highest BCUT2D eigenvalue weighted by molar-refractivity contribution is 8.15. The van der Waals surface area contributed by atoms with Crippen LogP contribution in [0.2, 0.25) is 0 Å². The van der Waals surface area contributed by atoms with Gasteiger partial charge in [-0.3, -0.25) is 9.59 Å². The molecular formula is C22H38O3S. The van der Waals surface area contributed by atoms with E-state index in [1.807, 2.05) is 52.8 Å². The lowest BCUT2D eigenvalue weighted by molar-refractivity contribution is -0.142. The summed E-state index contributed by atoms with van der Waals surface area (Å²) < 4.78 is 5.32. The van der Waals surface area contributed by atoms with Crippen LogP contribution in [0.1, 0.15) is 75.7 Å². The van der Waals surface area contributed by atoms with Crippen molar-refractivity contribution in [3.05, 3.63) is 23.8 Å². The van der Waals surface area contributed by atoms with E-state index < -0.39 is 5.60 Å². The molecule has 0 spiro atoms. The zero-order chi connectivity index (χ0) is 20.8. The standard InChI is InChI=1S/C22H38O3S/c1-11-14-17(12-2)19(24)26-22(9,10)16(4)20(5,6)15-18(23)21(7,8)25-13-3/h11-12,14,16H,13,15H2,1-10H3/b14-11-,17-12+. The molecule has 0 fully saturated rings. The summed E-state index contributed by atoms with van der Waals surface area (Å²) in [6, 6.07) is 0. The lowest BCUT2D eigenvalue weighted by atomic mass is 9.69. The Morgan fingerprint density at radius 3 is 2.04 bits per heavy atom. The van der Waals surface area contributed by atoms with Gasteiger partial charge in [0.1, 0.15) is 5.60 Å². The van der Waals surface area contributed by atoms with Gasteiger partial charge in [0, 0.05) is 23.3 Å². The Kier molecular flexibility index (Phi) is 9.56. The summed E-state index contributed by atoms with van der Waals surface area (Å²) in [5.74, 6) is 0.250. The summed E-state index contributed by atoms with van der Waals surface area (Å²) in [7, 11) is 0. The van der Waals surface area contributed by atoms with Crippen LogP contribution in [0.4, 0.5) is 0 Å². The molecule has 0 saturated heterocycles. The van der Waals surface area contributed by atoms with E-state index in [-0.39, 0.29) is 27.0 Å². The number of Topliss-reactive ketones (excluding diaryl/α,β-unsaturated/α-hetero) is 1. The number of allylic oxidation sites excluding steroid dienone is 3. The highest BCUT2D eigenvalue weighted by Crippen LogP contribution is 2.46. The number of hydrogen-bond donors (Lipinski definition) is 0. The Balaban J connectivity index is 5.30. The molecule has 0 saturated carbocycles. The van der Waals surface area contributed by atoms with Gasteiger partial charge in [-0.05, 0) is 59.8 Å². The van der Waals surface area contributed by atoms with E-state index in [9.17, 15) is 9.59 Å². The second kappa shape index (κ2) is 9.89. The monoisotopic (exact) mass is 382 g/mol. The van der Waals surface area contributed by atoms with E-state index in [1.165, 1.54) is 11.8 Å². The number of rotatable bonds is 10. The van der Waals surface area contributed by atoms with Crippen LogP contribution >= 0.6 is 11.8 Å². The van der Waals surface area contributed by atoms with Crippen molar-refractivity contribution in [1.29, 1.82) is 0 Å². The zero-order valence-corrected chi connectivity index (χ0v) is 19.2. The zero-order valence-electron chi connectivity index (χ0n) is 18.4. The third-order valence-electron chi connectivity index (χ3n) is 5.26. The molecule has 0 bridgehead atoms. The molecule has 0 rings (SSSR count). The Labute approximate surface area is 165 Å². The van der Waals surface area contributed by atoms with E-state index in [4.69, 9.17) is 4.74 Å². The summed E-state index contributed by atoms with van der Waals surface area (Å²) in [5.41, 5.74) is -0.314. The van der Waals surface area contributed by atoms with Crippen LogP contribution < -0.4 is 0 Å². The Morgan fingerprint density at radius 2 is 1.62 bits per heavy atom. The molecule has 0 aromatic heterocycles. The minimum atomic E-state index is -0.775. The van der Waals surface area contributed by atoms with Gasteiger partial charge in [-0.1, -0.05) is 50.8 Å². The molecule has 0 aliphatic rings. The first-order valence-electron chi connectivity index (χ1n) is 9.44. The van der Waals surface area contributed by atoms with E-state index in [1.54, 1.807) is 0 Å². The molecule has 0 N–H and O–H groups in total. The molecule has 1 atom stereocenters. The maximum atomic E-state index is 12.7. The third kappa shape index (κ3) is 7.03. The molecule has 150 valence electrons. The van der Waals surface area contributed by atoms with Gasteiger partial charge in [-0.25, -0.2) is 0 Å². The molecule has 0 aromatic rings. The maximum absolute atomic E-state index is 12.7. The van der Waals surface area contributed by atoms with Crippen molar-refractivity contribution in [3.63, 3.8) is 0 Å². The van der Waals surface area contributed by atoms with Crippen molar-refractivity contribution in [1.82, 2.24) is 0 Å². The first-order chi connectivity index (χ1) is 11.7. The highest BCUT2D eigenvalue weighted by atomic mass is 32.2. The van der Waals surface area contributed by atoms with Gasteiger partial charge < -0.3 is 4.74 Å². The van der Waals surface area contributed by atoms with Crippen molar-refractivity contribution >= 4 is 22.7 Å². The van der Waals surface area contributed by atoms with Crippen molar-refractivity contribution in [3.8, 4) is 0 Å². The average molecular weight is 383 g/mol. The third-order valence-corrected chi connectivity index (χ3v) is 6.56. The van der Waals surface area contributed by atoms with Gasteiger partial charge in [-0.15, -0.1) is 0 Å². The number of hydrogen-bond acceptors (Lipinski definition) is 4. The molecule has 0 amide bonds. The molecule has 4 heteroatoms. The molecule has 3 nitrogen and oxygen atoms in total. The predicted molar refractivity (Wildman–Crippen MR) is 114 cm³/mol. The lowest BCUT2D eigenvalue weighted by Gasteiger charge is -2.42. The normalized spacial score (nSPS) is 15.4. The molecule has 0 radical (unpaired) electrons. The van der Waals surface area contributed by atoms with Gasteiger partial charge in [0.05, 0.1) is 0 Å². The fraction of sp³-hybridized carbons (Fsp3) is 0.727. The van der Waals surface area contributed by atoms with Gasteiger partial charge in [0.2, 0.25) is 5.12 Å². The number of carbonyl (C=O) groups is 2. The first-order valence-corrected chi connectivity index (χ1v) is 10.3. The molecule has 0 heterocycles. The molecular weight excluding hydrogens is 344 g/mol. The van der Waals surface area contributed by atoms with Crippen LogP contribution in [0.5, 0.6) is 0 Å². The smallest absolute Gasteiger partial charge is 0.219 e. The van der Waals surface area contributed by atoms with Crippen LogP contribution in [0.3, 0.4) is 0 Å². The van der Waals surface area contributed by atoms with Crippen LogP contribution in [-0.2, 0) is 14.3 Å².